The molecule has 2 rings (SSSR count). The van der Waals surface area contributed by atoms with E-state index in [4.69, 9.17) is 4.18 Å². The lowest BCUT2D eigenvalue weighted by atomic mass is 10.1. The molecule has 22 heavy (non-hydrogen) atoms. The Morgan fingerprint density at radius 3 is 2.45 bits per heavy atom. The molecular weight excluding hydrogens is 300 g/mol. The molecule has 0 fully saturated rings. The van der Waals surface area contributed by atoms with E-state index in [9.17, 15) is 13.2 Å². The number of ketones is 1. The van der Waals surface area contributed by atoms with E-state index in [0.29, 0.717) is 5.56 Å². The van der Waals surface area contributed by atoms with Gasteiger partial charge in [0, 0.05) is 6.42 Å². The maximum absolute atomic E-state index is 12.5. The van der Waals surface area contributed by atoms with Crippen molar-refractivity contribution in [1.82, 2.24) is 0 Å². The van der Waals surface area contributed by atoms with Crippen LogP contribution in [0.2, 0.25) is 0 Å². The molecule has 0 N–H and O–H groups in total. The molecule has 0 aliphatic carbocycles. The molecule has 0 aromatic heterocycles. The first kappa shape index (κ1) is 16.2. The molecule has 0 saturated heterocycles. The van der Waals surface area contributed by atoms with Gasteiger partial charge in [-0.25, -0.2) is 0 Å². The highest BCUT2D eigenvalue weighted by molar-refractivity contribution is 7.87. The monoisotopic (exact) mass is 318 g/mol. The Morgan fingerprint density at radius 1 is 1.09 bits per heavy atom. The molecule has 116 valence electrons. The van der Waals surface area contributed by atoms with Gasteiger partial charge in [-0.1, -0.05) is 31.2 Å². The number of Topliss-reactive ketones (excluding diaryl/α,β-unsaturated/α-hetero) is 1. The standard InChI is InChI=1S/C17H18O4S/c1-4-15(18)14-7-5-6-8-16(14)21-22(19,20)17-11-12(2)9-10-13(17)3/h5-11H,4H2,1-3H3. The average Bonchev–Trinajstić information content (AvgIpc) is 2.49. The van der Waals surface area contributed by atoms with Crippen LogP contribution in [0.15, 0.2) is 47.4 Å². The number of para-hydroxylation sites is 1. The average molecular weight is 318 g/mol. The van der Waals surface area contributed by atoms with E-state index in [-0.39, 0.29) is 28.4 Å². The molecule has 4 nitrogen and oxygen atoms in total. The molecule has 0 heterocycles. The summed E-state index contributed by atoms with van der Waals surface area (Å²) in [4.78, 5) is 12.0. The van der Waals surface area contributed by atoms with E-state index < -0.39 is 10.1 Å². The second-order valence-corrected chi connectivity index (χ2v) is 6.59. The topological polar surface area (TPSA) is 60.4 Å². The summed E-state index contributed by atoms with van der Waals surface area (Å²) in [6.07, 6.45) is 0.282. The summed E-state index contributed by atoms with van der Waals surface area (Å²) in [5, 5.41) is 0. The predicted octanol–water partition coefficient (Wildman–Crippen LogP) is 3.66. The molecule has 5 heteroatoms. The number of benzene rings is 2. The van der Waals surface area contributed by atoms with Gasteiger partial charge >= 0.3 is 10.1 Å². The van der Waals surface area contributed by atoms with Crippen molar-refractivity contribution in [1.29, 1.82) is 0 Å². The minimum atomic E-state index is -3.98. The van der Waals surface area contributed by atoms with Crippen molar-refractivity contribution < 1.29 is 17.4 Å². The lowest BCUT2D eigenvalue weighted by molar-refractivity contribution is 0.0986. The Labute approximate surface area is 130 Å². The number of carbonyl (C=O) groups is 1. The SMILES string of the molecule is CCC(=O)c1ccccc1OS(=O)(=O)c1cc(C)ccc1C. The van der Waals surface area contributed by atoms with E-state index in [2.05, 4.69) is 0 Å². The second kappa shape index (κ2) is 6.32. The van der Waals surface area contributed by atoms with Gasteiger partial charge < -0.3 is 4.18 Å². The van der Waals surface area contributed by atoms with Crippen molar-refractivity contribution in [3.63, 3.8) is 0 Å². The normalized spacial score (nSPS) is 11.2. The minimum Gasteiger partial charge on any atom is -0.378 e. The van der Waals surface area contributed by atoms with E-state index in [1.807, 2.05) is 13.0 Å². The van der Waals surface area contributed by atoms with Crippen LogP contribution in [0, 0.1) is 13.8 Å². The zero-order valence-corrected chi connectivity index (χ0v) is 13.6. The minimum absolute atomic E-state index is 0.0651. The number of carbonyl (C=O) groups excluding carboxylic acids is 1. The largest absolute Gasteiger partial charge is 0.378 e. The van der Waals surface area contributed by atoms with E-state index in [0.717, 1.165) is 5.56 Å². The van der Waals surface area contributed by atoms with Crippen LogP contribution in [0.25, 0.3) is 0 Å². The summed E-state index contributed by atoms with van der Waals surface area (Å²) in [5.41, 5.74) is 1.70. The van der Waals surface area contributed by atoms with Gasteiger partial charge in [0.25, 0.3) is 0 Å². The number of aryl methyl sites for hydroxylation is 2. The van der Waals surface area contributed by atoms with Crippen molar-refractivity contribution in [2.75, 3.05) is 0 Å². The smallest absolute Gasteiger partial charge is 0.339 e. The summed E-state index contributed by atoms with van der Waals surface area (Å²) < 4.78 is 30.2. The molecule has 0 radical (unpaired) electrons. The first-order valence-electron chi connectivity index (χ1n) is 6.99. The maximum atomic E-state index is 12.5. The Kier molecular flexibility index (Phi) is 4.66. The van der Waals surface area contributed by atoms with Gasteiger partial charge in [0.15, 0.2) is 11.5 Å². The molecule has 0 spiro atoms. The highest BCUT2D eigenvalue weighted by atomic mass is 32.2. The zero-order chi connectivity index (χ0) is 16.3. The number of hydrogen-bond acceptors (Lipinski definition) is 4. The van der Waals surface area contributed by atoms with Crippen LogP contribution in [-0.2, 0) is 10.1 Å². The van der Waals surface area contributed by atoms with Crippen LogP contribution < -0.4 is 4.18 Å². The van der Waals surface area contributed by atoms with Gasteiger partial charge in [0.05, 0.1) is 5.56 Å². The third-order valence-electron chi connectivity index (χ3n) is 3.32. The zero-order valence-electron chi connectivity index (χ0n) is 12.8. The van der Waals surface area contributed by atoms with Crippen molar-refractivity contribution in [3.05, 3.63) is 59.2 Å². The highest BCUT2D eigenvalue weighted by Gasteiger charge is 2.22. The van der Waals surface area contributed by atoms with E-state index in [1.54, 1.807) is 44.2 Å². The Balaban J connectivity index is 2.46. The van der Waals surface area contributed by atoms with Crippen molar-refractivity contribution in [2.45, 2.75) is 32.1 Å². The van der Waals surface area contributed by atoms with Gasteiger partial charge in [0.2, 0.25) is 0 Å². The van der Waals surface area contributed by atoms with Gasteiger partial charge in [-0.3, -0.25) is 4.79 Å². The summed E-state index contributed by atoms with van der Waals surface area (Å²) in [6.45, 7) is 5.24. The highest BCUT2D eigenvalue weighted by Crippen LogP contribution is 2.26. The van der Waals surface area contributed by atoms with Crippen molar-refractivity contribution >= 4 is 15.9 Å². The van der Waals surface area contributed by atoms with Crippen LogP contribution >= 0.6 is 0 Å². The number of hydrogen-bond donors (Lipinski definition) is 0. The van der Waals surface area contributed by atoms with Crippen LogP contribution in [0.3, 0.4) is 0 Å². The molecule has 0 bridgehead atoms. The molecule has 0 aliphatic rings. The fourth-order valence-corrected chi connectivity index (χ4v) is 3.36. The quantitative estimate of drug-likeness (QED) is 0.623. The Bertz CT molecular complexity index is 807. The van der Waals surface area contributed by atoms with Crippen molar-refractivity contribution in [3.8, 4) is 5.75 Å². The number of rotatable bonds is 5. The van der Waals surface area contributed by atoms with Crippen LogP contribution in [0.5, 0.6) is 5.75 Å². The first-order valence-corrected chi connectivity index (χ1v) is 8.40. The van der Waals surface area contributed by atoms with E-state index in [1.165, 1.54) is 6.07 Å². The molecule has 2 aromatic rings. The first-order chi connectivity index (χ1) is 10.3. The van der Waals surface area contributed by atoms with Crippen LogP contribution in [0.1, 0.15) is 34.8 Å². The third kappa shape index (κ3) is 3.36. The van der Waals surface area contributed by atoms with E-state index >= 15 is 0 Å². The molecular formula is C17H18O4S. The summed E-state index contributed by atoms with van der Waals surface area (Å²) >= 11 is 0. The second-order valence-electron chi connectivity index (χ2n) is 5.08. The van der Waals surface area contributed by atoms with Gasteiger partial charge in [-0.15, -0.1) is 0 Å². The molecule has 0 aliphatic heterocycles. The summed E-state index contributed by atoms with van der Waals surface area (Å²) in [5.74, 6) is -0.0954. The molecule has 0 atom stereocenters. The van der Waals surface area contributed by atoms with Gasteiger partial charge in [-0.2, -0.15) is 8.42 Å². The van der Waals surface area contributed by atoms with Gasteiger partial charge in [-0.05, 0) is 43.2 Å². The molecule has 0 unspecified atom stereocenters. The molecule has 2 aromatic carbocycles. The molecule has 0 amide bonds. The lowest BCUT2D eigenvalue weighted by Gasteiger charge is -2.12. The lowest BCUT2D eigenvalue weighted by Crippen LogP contribution is -2.13. The molecule has 0 saturated carbocycles. The summed E-state index contributed by atoms with van der Waals surface area (Å²) in [6, 6.07) is 11.5. The van der Waals surface area contributed by atoms with Gasteiger partial charge in [0.1, 0.15) is 4.90 Å². The Hall–Kier alpha value is -2.14. The fraction of sp³-hybridized carbons (Fsp3) is 0.235. The van der Waals surface area contributed by atoms with Crippen molar-refractivity contribution in [2.24, 2.45) is 0 Å². The fourth-order valence-electron chi connectivity index (χ4n) is 2.10. The Morgan fingerprint density at radius 2 is 1.77 bits per heavy atom. The maximum Gasteiger partial charge on any atom is 0.339 e. The predicted molar refractivity (Wildman–Crippen MR) is 84.8 cm³/mol. The van der Waals surface area contributed by atoms with Crippen LogP contribution in [-0.4, -0.2) is 14.2 Å². The van der Waals surface area contributed by atoms with Crippen LogP contribution in [0.4, 0.5) is 0 Å². The summed E-state index contributed by atoms with van der Waals surface area (Å²) in [7, 11) is -3.98. The third-order valence-corrected chi connectivity index (χ3v) is 4.70.